The molecule has 0 bridgehead atoms. The summed E-state index contributed by atoms with van der Waals surface area (Å²) in [7, 11) is 1.63. The van der Waals surface area contributed by atoms with E-state index in [-0.39, 0.29) is 5.92 Å². The Hall–Kier alpha value is -0.370. The van der Waals surface area contributed by atoms with Crippen LogP contribution in [0, 0.1) is 5.92 Å². The fourth-order valence-electron chi connectivity index (χ4n) is 1.09. The largest absolute Gasteiger partial charge is 0.384 e. The lowest BCUT2D eigenvalue weighted by Gasteiger charge is -2.17. The molecule has 1 nitrogen and oxygen atoms in total. The standard InChI is InChI=1S/C10H19FO/c1-5-10(11)6-9(7-12-4)8(2)3/h9-10H,2,5-7H2,1,3-4H3/t9-,10-/m0/s1. The van der Waals surface area contributed by atoms with Gasteiger partial charge in [0.25, 0.3) is 0 Å². The van der Waals surface area contributed by atoms with Crippen molar-refractivity contribution in [1.29, 1.82) is 0 Å². The summed E-state index contributed by atoms with van der Waals surface area (Å²) in [5.41, 5.74) is 1.01. The van der Waals surface area contributed by atoms with Crippen LogP contribution in [0.4, 0.5) is 4.39 Å². The minimum atomic E-state index is -0.721. The Morgan fingerprint density at radius 2 is 2.17 bits per heavy atom. The average molecular weight is 174 g/mol. The van der Waals surface area contributed by atoms with E-state index in [0.29, 0.717) is 19.4 Å². The fraction of sp³-hybridized carbons (Fsp3) is 0.800. The molecule has 0 radical (unpaired) electrons. The van der Waals surface area contributed by atoms with Crippen molar-refractivity contribution in [3.63, 3.8) is 0 Å². The second-order valence-electron chi connectivity index (χ2n) is 3.24. The zero-order valence-corrected chi connectivity index (χ0v) is 8.27. The normalized spacial score (nSPS) is 15.7. The van der Waals surface area contributed by atoms with Gasteiger partial charge in [-0.2, -0.15) is 0 Å². The van der Waals surface area contributed by atoms with Crippen LogP contribution >= 0.6 is 0 Å². The Balaban J connectivity index is 3.86. The third kappa shape index (κ3) is 4.50. The first-order valence-corrected chi connectivity index (χ1v) is 4.40. The molecule has 2 heteroatoms. The topological polar surface area (TPSA) is 9.23 Å². The van der Waals surface area contributed by atoms with Crippen LogP contribution in [0.3, 0.4) is 0 Å². The Kier molecular flexibility index (Phi) is 5.99. The molecule has 2 atom stereocenters. The van der Waals surface area contributed by atoms with Crippen molar-refractivity contribution in [2.45, 2.75) is 32.9 Å². The molecule has 0 spiro atoms. The third-order valence-corrected chi connectivity index (χ3v) is 2.05. The van der Waals surface area contributed by atoms with Gasteiger partial charge in [-0.05, 0) is 19.8 Å². The van der Waals surface area contributed by atoms with Gasteiger partial charge >= 0.3 is 0 Å². The highest BCUT2D eigenvalue weighted by Gasteiger charge is 2.14. The molecule has 0 amide bonds. The summed E-state index contributed by atoms with van der Waals surface area (Å²) in [6.07, 6.45) is 0.398. The number of ether oxygens (including phenoxy) is 1. The summed E-state index contributed by atoms with van der Waals surface area (Å²) in [6.45, 7) is 8.17. The highest BCUT2D eigenvalue weighted by Crippen LogP contribution is 2.18. The van der Waals surface area contributed by atoms with E-state index in [2.05, 4.69) is 6.58 Å². The Morgan fingerprint density at radius 1 is 1.58 bits per heavy atom. The quantitative estimate of drug-likeness (QED) is 0.562. The number of halogens is 1. The van der Waals surface area contributed by atoms with Gasteiger partial charge in [-0.3, -0.25) is 0 Å². The van der Waals surface area contributed by atoms with E-state index in [1.54, 1.807) is 7.11 Å². The predicted molar refractivity (Wildman–Crippen MR) is 50.0 cm³/mol. The summed E-state index contributed by atoms with van der Waals surface area (Å²) in [6, 6.07) is 0. The molecule has 0 rings (SSSR count). The first kappa shape index (κ1) is 11.6. The third-order valence-electron chi connectivity index (χ3n) is 2.05. The first-order valence-electron chi connectivity index (χ1n) is 4.40. The summed E-state index contributed by atoms with van der Waals surface area (Å²) >= 11 is 0. The maximum atomic E-state index is 13.0. The highest BCUT2D eigenvalue weighted by molar-refractivity contribution is 4.96. The van der Waals surface area contributed by atoms with Crippen molar-refractivity contribution in [3.8, 4) is 0 Å². The molecule has 0 saturated heterocycles. The molecule has 0 heterocycles. The van der Waals surface area contributed by atoms with Gasteiger partial charge in [0.15, 0.2) is 0 Å². The number of methoxy groups -OCH3 is 1. The Bertz CT molecular complexity index is 134. The van der Waals surface area contributed by atoms with Crippen LogP contribution in [-0.2, 0) is 4.74 Å². The smallest absolute Gasteiger partial charge is 0.101 e. The zero-order chi connectivity index (χ0) is 9.56. The molecule has 0 aliphatic carbocycles. The molecule has 0 aromatic heterocycles. The van der Waals surface area contributed by atoms with Gasteiger partial charge in [-0.1, -0.05) is 19.1 Å². The molecular formula is C10H19FO. The molecular weight excluding hydrogens is 155 g/mol. The second kappa shape index (κ2) is 6.18. The van der Waals surface area contributed by atoms with E-state index in [4.69, 9.17) is 4.74 Å². The molecule has 0 unspecified atom stereocenters. The van der Waals surface area contributed by atoms with Crippen molar-refractivity contribution >= 4 is 0 Å². The van der Waals surface area contributed by atoms with Crippen LogP contribution in [0.5, 0.6) is 0 Å². The summed E-state index contributed by atoms with van der Waals surface area (Å²) < 4.78 is 18.0. The molecule has 72 valence electrons. The van der Waals surface area contributed by atoms with E-state index in [0.717, 1.165) is 5.57 Å². The van der Waals surface area contributed by atoms with Crippen molar-refractivity contribution in [3.05, 3.63) is 12.2 Å². The SMILES string of the molecule is C=C(C)[C@H](COC)C[C@@H](F)CC. The van der Waals surface area contributed by atoms with Gasteiger partial charge in [0.1, 0.15) is 6.17 Å². The fourth-order valence-corrected chi connectivity index (χ4v) is 1.09. The van der Waals surface area contributed by atoms with E-state index in [1.807, 2.05) is 13.8 Å². The van der Waals surface area contributed by atoms with E-state index in [9.17, 15) is 4.39 Å². The van der Waals surface area contributed by atoms with E-state index < -0.39 is 6.17 Å². The van der Waals surface area contributed by atoms with Gasteiger partial charge < -0.3 is 4.74 Å². The van der Waals surface area contributed by atoms with Crippen LogP contribution in [-0.4, -0.2) is 19.9 Å². The number of alkyl halides is 1. The summed E-state index contributed by atoms with van der Waals surface area (Å²) in [5.74, 6) is 0.171. The molecule has 0 aromatic carbocycles. The minimum absolute atomic E-state index is 0.171. The van der Waals surface area contributed by atoms with Crippen LogP contribution in [0.1, 0.15) is 26.7 Å². The van der Waals surface area contributed by atoms with Crippen molar-refractivity contribution in [1.82, 2.24) is 0 Å². The summed E-state index contributed by atoms with van der Waals surface area (Å²) in [4.78, 5) is 0. The lowest BCUT2D eigenvalue weighted by atomic mass is 9.95. The maximum Gasteiger partial charge on any atom is 0.101 e. The molecule has 0 aromatic rings. The molecule has 0 aliphatic heterocycles. The zero-order valence-electron chi connectivity index (χ0n) is 8.27. The lowest BCUT2D eigenvalue weighted by Crippen LogP contribution is -2.14. The minimum Gasteiger partial charge on any atom is -0.384 e. The molecule has 0 N–H and O–H groups in total. The number of hydrogen-bond donors (Lipinski definition) is 0. The Labute approximate surface area is 74.6 Å². The van der Waals surface area contributed by atoms with E-state index >= 15 is 0 Å². The van der Waals surface area contributed by atoms with Gasteiger partial charge in [-0.25, -0.2) is 4.39 Å². The Morgan fingerprint density at radius 3 is 2.50 bits per heavy atom. The monoisotopic (exact) mass is 174 g/mol. The highest BCUT2D eigenvalue weighted by atomic mass is 19.1. The predicted octanol–water partition coefficient (Wildman–Crippen LogP) is 2.96. The van der Waals surface area contributed by atoms with Crippen LogP contribution < -0.4 is 0 Å². The number of rotatable bonds is 6. The molecule has 0 fully saturated rings. The molecule has 12 heavy (non-hydrogen) atoms. The van der Waals surface area contributed by atoms with Crippen LogP contribution in [0.25, 0.3) is 0 Å². The summed E-state index contributed by atoms with van der Waals surface area (Å²) in [5, 5.41) is 0. The van der Waals surface area contributed by atoms with Crippen LogP contribution in [0.15, 0.2) is 12.2 Å². The van der Waals surface area contributed by atoms with Crippen LogP contribution in [0.2, 0.25) is 0 Å². The lowest BCUT2D eigenvalue weighted by molar-refractivity contribution is 0.143. The van der Waals surface area contributed by atoms with Gasteiger partial charge in [0.2, 0.25) is 0 Å². The average Bonchev–Trinajstić information content (AvgIpc) is 2.03. The molecule has 0 saturated carbocycles. The second-order valence-corrected chi connectivity index (χ2v) is 3.24. The maximum absolute atomic E-state index is 13.0. The van der Waals surface area contributed by atoms with Gasteiger partial charge in [0.05, 0.1) is 6.61 Å². The van der Waals surface area contributed by atoms with Crippen molar-refractivity contribution in [2.75, 3.05) is 13.7 Å². The van der Waals surface area contributed by atoms with Gasteiger partial charge in [-0.15, -0.1) is 0 Å². The van der Waals surface area contributed by atoms with E-state index in [1.165, 1.54) is 0 Å². The van der Waals surface area contributed by atoms with Crippen molar-refractivity contribution in [2.24, 2.45) is 5.92 Å². The van der Waals surface area contributed by atoms with Crippen molar-refractivity contribution < 1.29 is 9.13 Å². The van der Waals surface area contributed by atoms with Gasteiger partial charge in [0, 0.05) is 13.0 Å². The first-order chi connectivity index (χ1) is 5.61. The number of hydrogen-bond acceptors (Lipinski definition) is 1. The molecule has 0 aliphatic rings.